The number of rotatable bonds is 0. The summed E-state index contributed by atoms with van der Waals surface area (Å²) in [5.74, 6) is 0. The maximum absolute atomic E-state index is 8.44. The topological polar surface area (TPSA) is 241 Å². The smallest absolute Gasteiger partial charge is 0.565 e. The molecule has 0 saturated carbocycles. The minimum Gasteiger partial charge on any atom is -0.565 e. The molecule has 0 aromatic carbocycles. The fraction of sp³-hybridized carbons (Fsp3) is 0. The van der Waals surface area contributed by atoms with Crippen molar-refractivity contribution in [2.75, 3.05) is 0 Å². The number of hydrogen-bond donors (Lipinski definition) is 4. The normalized spacial score (nSPS) is 5.33. The molecule has 0 saturated heterocycles. The minimum absolute atomic E-state index is 0. The van der Waals surface area contributed by atoms with E-state index in [0.29, 0.717) is 0 Å². The Balaban J connectivity index is -0.0000000257. The van der Waals surface area contributed by atoms with Crippen molar-refractivity contribution in [2.45, 2.75) is 0 Å². The number of carboxylic acid groups (broad SMARTS) is 8. The van der Waals surface area contributed by atoms with Gasteiger partial charge < -0.3 is 60.0 Å². The predicted octanol–water partition coefficient (Wildman–Crippen LogP) is -5.21. The summed E-state index contributed by atoms with van der Waals surface area (Å²) < 4.78 is 0. The van der Waals surface area contributed by atoms with Gasteiger partial charge in [-0.3, -0.25) is 0 Å². The van der Waals surface area contributed by atoms with Crippen molar-refractivity contribution in [1.82, 2.24) is 0 Å². The van der Waals surface area contributed by atoms with Gasteiger partial charge in [0, 0.05) is 0 Å². The van der Waals surface area contributed by atoms with Gasteiger partial charge in [0.1, 0.15) is 0 Å². The first-order valence-electron chi connectivity index (χ1n) is 2.53. The molecule has 96 valence electrons. The summed E-state index contributed by atoms with van der Waals surface area (Å²) in [6.07, 6.45) is -8.33. The van der Waals surface area contributed by atoms with Gasteiger partial charge in [0.25, 0.3) is 0 Å². The quantitative estimate of drug-likeness (QED) is 0.307. The van der Waals surface area contributed by atoms with Crippen molar-refractivity contribution in [3.63, 3.8) is 0 Å². The fourth-order valence-corrected chi connectivity index (χ4v) is 0. The Morgan fingerprint density at radius 3 is 0.556 bits per heavy atom. The second kappa shape index (κ2) is 29.8. The van der Waals surface area contributed by atoms with E-state index >= 15 is 0 Å². The first kappa shape index (κ1) is 36.0. The van der Waals surface area contributed by atoms with Crippen LogP contribution in [0.5, 0.6) is 0 Å². The van der Waals surface area contributed by atoms with Crippen LogP contribution in [0.15, 0.2) is 0 Å². The van der Waals surface area contributed by atoms with Crippen molar-refractivity contribution in [2.24, 2.45) is 0 Å². The summed E-state index contributed by atoms with van der Waals surface area (Å²) in [6.45, 7) is 0. The van der Waals surface area contributed by atoms with Gasteiger partial charge in [-0.1, -0.05) is 0 Å². The summed E-state index contributed by atoms with van der Waals surface area (Å²) in [5.41, 5.74) is 0. The monoisotopic (exact) mass is 308 g/mol. The first-order valence-corrected chi connectivity index (χ1v) is 2.53. The molecular weight excluding hydrogens is 304 g/mol. The largest absolute Gasteiger partial charge is 2.00 e. The molecule has 0 aliphatic heterocycles. The van der Waals surface area contributed by atoms with Crippen molar-refractivity contribution < 1.29 is 60.0 Å². The predicted molar refractivity (Wildman–Crippen MR) is 43.6 cm³/mol. The zero-order valence-electron chi connectivity index (χ0n) is 8.47. The Hall–Kier alpha value is -0.894. The van der Waals surface area contributed by atoms with E-state index in [-0.39, 0.29) is 60.8 Å². The number of hydrogen-bond acceptors (Lipinski definition) is 8. The van der Waals surface area contributed by atoms with E-state index in [2.05, 4.69) is 0 Å². The van der Waals surface area contributed by atoms with Gasteiger partial charge in [-0.15, -0.1) is 0 Å². The van der Waals surface area contributed by atoms with Gasteiger partial charge in [0.2, 0.25) is 24.6 Å². The second-order valence-corrected chi connectivity index (χ2v) is 1.06. The minimum atomic E-state index is -2.08. The molecule has 0 heterocycles. The second-order valence-electron chi connectivity index (χ2n) is 1.06. The molecule has 14 heteroatoms. The molecule has 0 aromatic rings. The molecule has 0 aromatic heterocycles. The van der Waals surface area contributed by atoms with Crippen LogP contribution < -0.4 is 20.4 Å². The third-order valence-corrected chi connectivity index (χ3v) is 0. The van der Waals surface area contributed by atoms with Crippen LogP contribution >= 0.6 is 0 Å². The first-order chi connectivity index (χ1) is 6.93. The Kier molecular flexibility index (Phi) is 59.6. The van der Waals surface area contributed by atoms with Crippen LogP contribution in [0.3, 0.4) is 0 Å². The standard InChI is InChI=1S/4CH2O3.Ca.Mg/c4*2-1(3)4;;/h4*(H2,2,3,4);;/q;;;;2*+2/p-4. The summed E-state index contributed by atoms with van der Waals surface area (Å²) in [7, 11) is 0. The molecule has 0 amide bonds. The van der Waals surface area contributed by atoms with Crippen LogP contribution in [-0.2, 0) is 0 Å². The molecular formula is C4H4CaMgO12. The zero-order valence-corrected chi connectivity index (χ0v) is 12.1. The van der Waals surface area contributed by atoms with Gasteiger partial charge in [-0.2, -0.15) is 0 Å². The maximum Gasteiger partial charge on any atom is 2.00 e. The average Bonchev–Trinajstić information content (AvgIpc) is 1.76. The van der Waals surface area contributed by atoms with Crippen molar-refractivity contribution in [3.8, 4) is 0 Å². The molecule has 0 unspecified atom stereocenters. The molecule has 0 aliphatic rings. The zero-order chi connectivity index (χ0) is 14.3. The summed E-state index contributed by atoms with van der Waals surface area (Å²) in [4.78, 5) is 33.8. The molecule has 0 rings (SSSR count). The third kappa shape index (κ3) is 3760. The van der Waals surface area contributed by atoms with Crippen LogP contribution in [0.25, 0.3) is 0 Å². The van der Waals surface area contributed by atoms with E-state index in [4.69, 9.17) is 60.0 Å². The summed E-state index contributed by atoms with van der Waals surface area (Å²) >= 11 is 0. The molecule has 18 heavy (non-hydrogen) atoms. The van der Waals surface area contributed by atoms with Crippen molar-refractivity contribution in [1.29, 1.82) is 0 Å². The molecule has 0 bridgehead atoms. The van der Waals surface area contributed by atoms with Crippen molar-refractivity contribution >= 4 is 85.4 Å². The van der Waals surface area contributed by atoms with Crippen LogP contribution in [0.4, 0.5) is 19.2 Å². The van der Waals surface area contributed by atoms with Crippen LogP contribution in [0.1, 0.15) is 0 Å². The van der Waals surface area contributed by atoms with E-state index < -0.39 is 24.6 Å². The van der Waals surface area contributed by atoms with Crippen LogP contribution in [0.2, 0.25) is 0 Å². The third-order valence-electron chi connectivity index (χ3n) is 0. The van der Waals surface area contributed by atoms with Gasteiger partial charge in [-0.25, -0.2) is 0 Å². The Bertz CT molecular complexity index is 164. The van der Waals surface area contributed by atoms with Gasteiger partial charge in [-0.05, 0) is 0 Å². The summed E-state index contributed by atoms with van der Waals surface area (Å²) in [5, 5.41) is 61.2. The molecule has 0 atom stereocenters. The van der Waals surface area contributed by atoms with Gasteiger partial charge in [0.05, 0.1) is 0 Å². The van der Waals surface area contributed by atoms with Gasteiger partial charge >= 0.3 is 60.8 Å². The van der Waals surface area contributed by atoms with E-state index in [1.165, 1.54) is 0 Å². The number of carbonyl (C=O) groups is 4. The van der Waals surface area contributed by atoms with E-state index in [1.54, 1.807) is 0 Å². The molecule has 4 N–H and O–H groups in total. The van der Waals surface area contributed by atoms with Gasteiger partial charge in [0.15, 0.2) is 0 Å². The average molecular weight is 308 g/mol. The Morgan fingerprint density at radius 1 is 0.556 bits per heavy atom. The molecule has 0 aliphatic carbocycles. The van der Waals surface area contributed by atoms with E-state index in [1.807, 2.05) is 0 Å². The van der Waals surface area contributed by atoms with Crippen molar-refractivity contribution in [3.05, 3.63) is 0 Å². The van der Waals surface area contributed by atoms with E-state index in [9.17, 15) is 0 Å². The fourth-order valence-electron chi connectivity index (χ4n) is 0. The maximum atomic E-state index is 8.44. The Morgan fingerprint density at radius 2 is 0.556 bits per heavy atom. The molecule has 0 fully saturated rings. The van der Waals surface area contributed by atoms with Crippen LogP contribution in [-0.4, -0.2) is 106 Å². The molecule has 12 nitrogen and oxygen atoms in total. The van der Waals surface area contributed by atoms with E-state index in [0.717, 1.165) is 0 Å². The SMILES string of the molecule is O=C([O-])O.O=C([O-])O.O=C([O-])O.O=C([O-])O.[Ca+2].[Mg+2]. The molecule has 0 radical (unpaired) electrons. The summed E-state index contributed by atoms with van der Waals surface area (Å²) in [6, 6.07) is 0. The van der Waals surface area contributed by atoms with Crippen LogP contribution in [0, 0.1) is 0 Å². The molecule has 0 spiro atoms. The Labute approximate surface area is 144 Å².